The van der Waals surface area contributed by atoms with Crippen LogP contribution < -0.4 is 0 Å². The normalized spacial score (nSPS) is 12.1. The van der Waals surface area contributed by atoms with Gasteiger partial charge in [0.25, 0.3) is 5.60 Å². The van der Waals surface area contributed by atoms with Crippen LogP contribution in [0.3, 0.4) is 0 Å². The molecule has 3 N–H and O–H groups in total. The topological polar surface area (TPSA) is 77.8 Å². The Morgan fingerprint density at radius 1 is 0.710 bits per heavy atom. The average molecular weight is 466 g/mol. The van der Waals surface area contributed by atoms with Crippen LogP contribution >= 0.6 is 0 Å². The molecule has 13 heteroatoms. The Labute approximate surface area is 169 Å². The molecule has 4 nitrogen and oxygen atoms in total. The van der Waals surface area contributed by atoms with E-state index in [1.165, 1.54) is 0 Å². The van der Waals surface area contributed by atoms with Crippen LogP contribution in [0.15, 0.2) is 54.6 Å². The summed E-state index contributed by atoms with van der Waals surface area (Å²) in [4.78, 5) is 9.34. The van der Waals surface area contributed by atoms with E-state index in [0.29, 0.717) is 24.8 Å². The predicted molar refractivity (Wildman–Crippen MR) is 89.0 cm³/mol. The van der Waals surface area contributed by atoms with Crippen molar-refractivity contribution >= 4 is 5.78 Å². The van der Waals surface area contributed by atoms with Crippen LogP contribution in [0.1, 0.15) is 12.5 Å². The Balaban J connectivity index is 0.000000527. The number of rotatable bonds is 1. The molecular formula is C18H15F9O4. The van der Waals surface area contributed by atoms with Gasteiger partial charge in [0.2, 0.25) is 5.78 Å². The van der Waals surface area contributed by atoms with Gasteiger partial charge in [0.15, 0.2) is 0 Å². The molecule has 0 radical (unpaired) electrons. The van der Waals surface area contributed by atoms with E-state index in [0.717, 1.165) is 12.1 Å². The summed E-state index contributed by atoms with van der Waals surface area (Å²) in [5.41, 5.74) is -6.74. The van der Waals surface area contributed by atoms with E-state index in [9.17, 15) is 44.3 Å². The van der Waals surface area contributed by atoms with Gasteiger partial charge >= 0.3 is 18.5 Å². The largest absolute Gasteiger partial charge is 0.508 e. The Morgan fingerprint density at radius 3 is 1.32 bits per heavy atom. The maximum Gasteiger partial charge on any atom is 0.449 e. The second-order valence-electron chi connectivity index (χ2n) is 5.61. The zero-order valence-electron chi connectivity index (χ0n) is 15.3. The number of aliphatic hydroxyl groups is 1. The molecule has 174 valence electrons. The van der Waals surface area contributed by atoms with Crippen LogP contribution in [0.4, 0.5) is 39.5 Å². The first-order valence-corrected chi connectivity index (χ1v) is 7.81. The quantitative estimate of drug-likeness (QED) is 0.503. The summed E-state index contributed by atoms with van der Waals surface area (Å²) in [5.74, 6) is -2.72. The summed E-state index contributed by atoms with van der Waals surface area (Å²) < 4.78 is 107. The second kappa shape index (κ2) is 10.4. The van der Waals surface area contributed by atoms with Gasteiger partial charge in [0, 0.05) is 12.5 Å². The first kappa shape index (κ1) is 28.0. The molecule has 0 atom stereocenters. The van der Waals surface area contributed by atoms with Crippen molar-refractivity contribution < 1.29 is 59.6 Å². The van der Waals surface area contributed by atoms with Crippen LogP contribution in [-0.2, 0) is 10.4 Å². The molecule has 0 aliphatic rings. The van der Waals surface area contributed by atoms with Gasteiger partial charge in [-0.2, -0.15) is 39.5 Å². The number of aromatic hydroxyl groups is 2. The summed E-state index contributed by atoms with van der Waals surface area (Å²) in [6.07, 6.45) is -16.6. The number of para-hydroxylation sites is 2. The number of phenols is 2. The SMILES string of the molecule is CC(=O)C(F)(F)F.Oc1ccccc1.Oc1ccccc1C(O)(C(F)(F)F)C(F)(F)F. The van der Waals surface area contributed by atoms with Crippen molar-refractivity contribution in [2.24, 2.45) is 0 Å². The maximum absolute atomic E-state index is 12.4. The number of Topliss-reactive ketones (excluding diaryl/α,β-unsaturated/α-hetero) is 1. The molecule has 0 saturated carbocycles. The molecule has 2 rings (SSSR count). The van der Waals surface area contributed by atoms with Gasteiger partial charge in [-0.05, 0) is 18.2 Å². The number of carbonyl (C=O) groups is 1. The molecule has 2 aromatic carbocycles. The lowest BCUT2D eigenvalue weighted by molar-refractivity contribution is -0.376. The third-order valence-electron chi connectivity index (χ3n) is 3.27. The number of halogens is 9. The van der Waals surface area contributed by atoms with Crippen LogP contribution in [0.2, 0.25) is 0 Å². The standard InChI is InChI=1S/C9H6F6O2.C6H6O.C3H3F3O/c10-8(11,12)7(17,9(13,14)15)5-3-1-2-4-6(5)16;7-6-4-2-1-3-5-6;1-2(7)3(4,5)6/h1-4,16-17H;1-5,7H;1H3. The third-order valence-corrected chi connectivity index (χ3v) is 3.27. The van der Waals surface area contributed by atoms with Gasteiger partial charge in [-0.3, -0.25) is 4.79 Å². The molecule has 0 bridgehead atoms. The van der Waals surface area contributed by atoms with Crippen molar-refractivity contribution in [1.29, 1.82) is 0 Å². The summed E-state index contributed by atoms with van der Waals surface area (Å²) in [6, 6.07) is 11.6. The fourth-order valence-corrected chi connectivity index (χ4v) is 1.67. The molecule has 0 fully saturated rings. The zero-order chi connectivity index (χ0) is 24.7. The van der Waals surface area contributed by atoms with Gasteiger partial charge in [0.1, 0.15) is 11.5 Å². The van der Waals surface area contributed by atoms with E-state index in [1.54, 1.807) is 24.3 Å². The number of carbonyl (C=O) groups excluding carboxylic acids is 1. The fourth-order valence-electron chi connectivity index (χ4n) is 1.67. The van der Waals surface area contributed by atoms with Gasteiger partial charge in [-0.1, -0.05) is 36.4 Å². The first-order chi connectivity index (χ1) is 13.9. The van der Waals surface area contributed by atoms with E-state index in [-0.39, 0.29) is 0 Å². The van der Waals surface area contributed by atoms with Gasteiger partial charge in [0.05, 0.1) is 0 Å². The Kier molecular flexibility index (Phi) is 9.38. The highest BCUT2D eigenvalue weighted by Crippen LogP contribution is 2.51. The van der Waals surface area contributed by atoms with Crippen LogP contribution in [-0.4, -0.2) is 39.6 Å². The molecule has 0 unspecified atom stereocenters. The highest BCUT2D eigenvalue weighted by Gasteiger charge is 2.72. The molecule has 0 spiro atoms. The van der Waals surface area contributed by atoms with Crippen molar-refractivity contribution in [3.8, 4) is 11.5 Å². The van der Waals surface area contributed by atoms with Crippen LogP contribution in [0, 0.1) is 0 Å². The van der Waals surface area contributed by atoms with Crippen molar-refractivity contribution in [3.63, 3.8) is 0 Å². The van der Waals surface area contributed by atoms with Crippen LogP contribution in [0.5, 0.6) is 11.5 Å². The van der Waals surface area contributed by atoms with E-state index < -0.39 is 41.2 Å². The summed E-state index contributed by atoms with van der Waals surface area (Å²) >= 11 is 0. The maximum atomic E-state index is 12.4. The molecule has 0 heterocycles. The van der Waals surface area contributed by atoms with Gasteiger partial charge < -0.3 is 15.3 Å². The number of hydrogen-bond donors (Lipinski definition) is 3. The van der Waals surface area contributed by atoms with E-state index in [4.69, 9.17) is 15.3 Å². The highest BCUT2D eigenvalue weighted by atomic mass is 19.4. The van der Waals surface area contributed by atoms with Crippen LogP contribution in [0.25, 0.3) is 0 Å². The first-order valence-electron chi connectivity index (χ1n) is 7.81. The van der Waals surface area contributed by atoms with Crippen molar-refractivity contribution in [2.45, 2.75) is 31.1 Å². The highest BCUT2D eigenvalue weighted by molar-refractivity contribution is 5.81. The van der Waals surface area contributed by atoms with Gasteiger partial charge in [-0.25, -0.2) is 0 Å². The van der Waals surface area contributed by atoms with Gasteiger partial charge in [-0.15, -0.1) is 0 Å². The molecule has 0 aliphatic heterocycles. The number of phenolic OH excluding ortho intramolecular Hbond substituents is 2. The molecule has 0 aromatic heterocycles. The fraction of sp³-hybridized carbons (Fsp3) is 0.278. The Hall–Kier alpha value is -2.96. The number of benzene rings is 2. The van der Waals surface area contributed by atoms with Crippen molar-refractivity contribution in [1.82, 2.24) is 0 Å². The molecule has 0 aliphatic carbocycles. The van der Waals surface area contributed by atoms with E-state index >= 15 is 0 Å². The average Bonchev–Trinajstić information content (AvgIpc) is 2.60. The Morgan fingerprint density at radius 2 is 1.06 bits per heavy atom. The summed E-state index contributed by atoms with van der Waals surface area (Å²) in [6.45, 7) is 0.486. The number of alkyl halides is 9. The molecule has 2 aromatic rings. The smallest absolute Gasteiger partial charge is 0.449 e. The number of hydrogen-bond acceptors (Lipinski definition) is 4. The van der Waals surface area contributed by atoms with Crippen molar-refractivity contribution in [2.75, 3.05) is 0 Å². The summed E-state index contributed by atoms with van der Waals surface area (Å²) in [5, 5.41) is 26.6. The minimum atomic E-state index is -6.00. The molecular weight excluding hydrogens is 451 g/mol. The second-order valence-corrected chi connectivity index (χ2v) is 5.61. The lowest BCUT2D eigenvalue weighted by Gasteiger charge is -2.32. The monoisotopic (exact) mass is 466 g/mol. The van der Waals surface area contributed by atoms with Crippen molar-refractivity contribution in [3.05, 3.63) is 60.2 Å². The summed E-state index contributed by atoms with van der Waals surface area (Å²) in [7, 11) is 0. The zero-order valence-corrected chi connectivity index (χ0v) is 15.3. The molecule has 31 heavy (non-hydrogen) atoms. The van der Waals surface area contributed by atoms with E-state index in [2.05, 4.69) is 0 Å². The third kappa shape index (κ3) is 8.00. The predicted octanol–water partition coefficient (Wildman–Crippen LogP) is 5.23. The molecule has 0 saturated heterocycles. The minimum absolute atomic E-state index is 0.322. The van der Waals surface area contributed by atoms with E-state index in [1.807, 2.05) is 6.07 Å². The minimum Gasteiger partial charge on any atom is -0.508 e. The lowest BCUT2D eigenvalue weighted by Crippen LogP contribution is -2.53. The number of ketones is 1. The Bertz CT molecular complexity index is 814. The molecule has 0 amide bonds. The lowest BCUT2D eigenvalue weighted by atomic mass is 9.91.